The van der Waals surface area contributed by atoms with Gasteiger partial charge in [0.25, 0.3) is 0 Å². The van der Waals surface area contributed by atoms with Gasteiger partial charge < -0.3 is 11.1 Å². The highest BCUT2D eigenvalue weighted by atomic mass is 32.2. The second kappa shape index (κ2) is 11.3. The van der Waals surface area contributed by atoms with Gasteiger partial charge in [-0.25, -0.2) is 8.51 Å². The Kier molecular flexibility index (Phi) is 8.40. The molecule has 0 spiro atoms. The maximum absolute atomic E-state index is 12.9. The number of aromatic nitrogens is 1. The molecular formula is C28H36N4O2S2. The molecular weight excluding hydrogens is 488 g/mol. The number of thiophene rings is 1. The Morgan fingerprint density at radius 1 is 1.17 bits per heavy atom. The molecule has 36 heavy (non-hydrogen) atoms. The molecule has 1 aromatic carbocycles. The van der Waals surface area contributed by atoms with Crippen LogP contribution < -0.4 is 11.1 Å². The zero-order valence-electron chi connectivity index (χ0n) is 21.5. The van der Waals surface area contributed by atoms with E-state index < -0.39 is 16.5 Å². The van der Waals surface area contributed by atoms with Crippen LogP contribution in [-0.2, 0) is 21.3 Å². The van der Waals surface area contributed by atoms with E-state index in [0.29, 0.717) is 24.1 Å². The summed E-state index contributed by atoms with van der Waals surface area (Å²) in [6.45, 7) is 3.98. The van der Waals surface area contributed by atoms with E-state index in [9.17, 15) is 9.00 Å². The molecule has 8 heteroatoms. The number of pyridine rings is 1. The number of nitrogens with one attached hydrogen (secondary N) is 1. The van der Waals surface area contributed by atoms with E-state index in [1.807, 2.05) is 36.6 Å². The monoisotopic (exact) mass is 524 g/mol. The van der Waals surface area contributed by atoms with E-state index in [0.717, 1.165) is 53.6 Å². The first-order chi connectivity index (χ1) is 17.1. The molecule has 1 unspecified atom stereocenters. The summed E-state index contributed by atoms with van der Waals surface area (Å²) in [7, 11) is 0.969. The number of rotatable bonds is 8. The molecule has 1 fully saturated rings. The second-order valence-corrected chi connectivity index (χ2v) is 12.5. The average molecular weight is 525 g/mol. The molecule has 1 aliphatic carbocycles. The SMILES string of the molecule is CN(C1CCC(CC(=O)Nc2cnc(-c3ccc(C(C)(C)N)cc3)c(-c3ccsc3)c2)CC1)S(C)=O. The number of anilines is 1. The first-order valence-corrected chi connectivity index (χ1v) is 14.9. The van der Waals surface area contributed by atoms with Gasteiger partial charge in [-0.3, -0.25) is 9.78 Å². The molecule has 6 nitrogen and oxygen atoms in total. The van der Waals surface area contributed by atoms with Gasteiger partial charge in [-0.05, 0) is 79.5 Å². The van der Waals surface area contributed by atoms with Gasteiger partial charge in [-0.2, -0.15) is 11.3 Å². The predicted octanol–water partition coefficient (Wildman–Crippen LogP) is 5.78. The van der Waals surface area contributed by atoms with Crippen LogP contribution in [-0.4, -0.2) is 38.8 Å². The summed E-state index contributed by atoms with van der Waals surface area (Å²) in [6, 6.07) is 12.6. The third kappa shape index (κ3) is 6.48. The van der Waals surface area contributed by atoms with Crippen LogP contribution in [0.1, 0.15) is 51.5 Å². The van der Waals surface area contributed by atoms with Crippen molar-refractivity contribution < 1.29 is 9.00 Å². The summed E-state index contributed by atoms with van der Waals surface area (Å²) in [4.78, 5) is 17.6. The smallest absolute Gasteiger partial charge is 0.224 e. The van der Waals surface area contributed by atoms with Crippen LogP contribution in [0.25, 0.3) is 22.4 Å². The molecule has 1 atom stereocenters. The fraction of sp³-hybridized carbons (Fsp3) is 0.429. The molecule has 1 saturated carbocycles. The third-order valence-electron chi connectivity index (χ3n) is 7.12. The molecule has 0 bridgehead atoms. The summed E-state index contributed by atoms with van der Waals surface area (Å²) >= 11 is 1.64. The number of nitrogens with two attached hydrogens (primary N) is 1. The number of hydrogen-bond donors (Lipinski definition) is 2. The highest BCUT2D eigenvalue weighted by Gasteiger charge is 2.27. The van der Waals surface area contributed by atoms with Gasteiger partial charge in [-0.1, -0.05) is 24.3 Å². The number of hydrogen-bond acceptors (Lipinski definition) is 5. The van der Waals surface area contributed by atoms with Gasteiger partial charge >= 0.3 is 0 Å². The van der Waals surface area contributed by atoms with Crippen molar-refractivity contribution in [3.63, 3.8) is 0 Å². The van der Waals surface area contributed by atoms with Crippen LogP contribution in [0.3, 0.4) is 0 Å². The summed E-state index contributed by atoms with van der Waals surface area (Å²) in [5.74, 6) is 0.375. The Bertz CT molecular complexity index is 1200. The Balaban J connectivity index is 1.47. The Hall–Kier alpha value is -2.39. The molecule has 3 aromatic rings. The van der Waals surface area contributed by atoms with E-state index in [2.05, 4.69) is 41.0 Å². The van der Waals surface area contributed by atoms with Crippen molar-refractivity contribution in [3.05, 3.63) is 58.9 Å². The minimum atomic E-state index is -0.951. The topological polar surface area (TPSA) is 88.3 Å². The van der Waals surface area contributed by atoms with Crippen LogP contribution >= 0.6 is 11.3 Å². The maximum atomic E-state index is 12.9. The van der Waals surface area contributed by atoms with E-state index >= 15 is 0 Å². The molecule has 0 saturated heterocycles. The summed E-state index contributed by atoms with van der Waals surface area (Å²) < 4.78 is 13.7. The number of benzene rings is 1. The van der Waals surface area contributed by atoms with Crippen molar-refractivity contribution in [3.8, 4) is 22.4 Å². The average Bonchev–Trinajstić information content (AvgIpc) is 3.38. The summed E-state index contributed by atoms with van der Waals surface area (Å²) in [6.07, 6.45) is 7.88. The quantitative estimate of drug-likeness (QED) is 0.391. The predicted molar refractivity (Wildman–Crippen MR) is 151 cm³/mol. The summed E-state index contributed by atoms with van der Waals surface area (Å²) in [5, 5.41) is 7.23. The third-order valence-corrected chi connectivity index (χ3v) is 8.91. The molecule has 1 amide bonds. The van der Waals surface area contributed by atoms with Crippen molar-refractivity contribution in [1.82, 2.24) is 9.29 Å². The number of nitrogens with zero attached hydrogens (tertiary/aromatic N) is 2. The van der Waals surface area contributed by atoms with Crippen molar-refractivity contribution in [1.29, 1.82) is 0 Å². The van der Waals surface area contributed by atoms with Crippen LogP contribution in [0.4, 0.5) is 5.69 Å². The van der Waals surface area contributed by atoms with Crippen molar-refractivity contribution in [2.75, 3.05) is 18.6 Å². The lowest BCUT2D eigenvalue weighted by Gasteiger charge is -2.32. The Labute approximate surface area is 220 Å². The maximum Gasteiger partial charge on any atom is 0.224 e. The lowest BCUT2D eigenvalue weighted by atomic mass is 9.84. The van der Waals surface area contributed by atoms with Crippen LogP contribution in [0.5, 0.6) is 0 Å². The first-order valence-electron chi connectivity index (χ1n) is 12.4. The van der Waals surface area contributed by atoms with E-state index in [-0.39, 0.29) is 5.91 Å². The van der Waals surface area contributed by atoms with Gasteiger partial charge in [0, 0.05) is 42.4 Å². The second-order valence-electron chi connectivity index (χ2n) is 10.3. The van der Waals surface area contributed by atoms with E-state index in [1.54, 1.807) is 23.8 Å². The number of carbonyl (C=O) groups excluding carboxylic acids is 1. The molecule has 1 aliphatic rings. The normalized spacial score (nSPS) is 19.3. The first kappa shape index (κ1) is 26.7. The lowest BCUT2D eigenvalue weighted by molar-refractivity contribution is -0.117. The van der Waals surface area contributed by atoms with Crippen LogP contribution in [0, 0.1) is 5.92 Å². The Morgan fingerprint density at radius 2 is 1.86 bits per heavy atom. The number of carbonyl (C=O) groups is 1. The lowest BCUT2D eigenvalue weighted by Crippen LogP contribution is -2.36. The van der Waals surface area contributed by atoms with E-state index in [4.69, 9.17) is 10.7 Å². The van der Waals surface area contributed by atoms with Crippen molar-refractivity contribution in [2.24, 2.45) is 11.7 Å². The molecule has 2 aromatic heterocycles. The molecule has 2 heterocycles. The minimum absolute atomic E-state index is 0.0196. The highest BCUT2D eigenvalue weighted by Crippen LogP contribution is 2.35. The van der Waals surface area contributed by atoms with Gasteiger partial charge in [0.2, 0.25) is 5.91 Å². The summed E-state index contributed by atoms with van der Waals surface area (Å²) in [5.41, 5.74) is 11.6. The zero-order valence-corrected chi connectivity index (χ0v) is 23.1. The standard InChI is InChI=1S/C28H36N4O2S2/c1-28(2,29)22-9-7-20(8-10-22)27-25(21-13-14-35-18-21)16-23(17-30-27)31-26(33)15-19-5-11-24(12-6-19)32(3)36(4)34/h7-10,13-14,16-19,24H,5-6,11-12,15,29H2,1-4H3,(H,31,33). The molecule has 192 valence electrons. The fourth-order valence-electron chi connectivity index (χ4n) is 4.86. The molecule has 0 radical (unpaired) electrons. The molecule has 3 N–H and O–H groups in total. The van der Waals surface area contributed by atoms with Crippen LogP contribution in [0.2, 0.25) is 0 Å². The van der Waals surface area contributed by atoms with Gasteiger partial charge in [-0.15, -0.1) is 0 Å². The van der Waals surface area contributed by atoms with Gasteiger partial charge in [0.1, 0.15) is 0 Å². The minimum Gasteiger partial charge on any atom is -0.325 e. The van der Waals surface area contributed by atoms with Crippen molar-refractivity contribution >= 4 is 33.9 Å². The zero-order chi connectivity index (χ0) is 25.9. The molecule has 0 aliphatic heterocycles. The van der Waals surface area contributed by atoms with Crippen molar-refractivity contribution in [2.45, 2.75) is 57.5 Å². The molecule has 4 rings (SSSR count). The largest absolute Gasteiger partial charge is 0.325 e. The number of amides is 1. The Morgan fingerprint density at radius 3 is 2.44 bits per heavy atom. The van der Waals surface area contributed by atoms with E-state index in [1.165, 1.54) is 0 Å². The fourth-order valence-corrected chi connectivity index (χ4v) is 6.14. The van der Waals surface area contributed by atoms with Gasteiger partial charge in [0.15, 0.2) is 0 Å². The van der Waals surface area contributed by atoms with Crippen LogP contribution in [0.15, 0.2) is 53.4 Å². The van der Waals surface area contributed by atoms with Gasteiger partial charge in [0.05, 0.1) is 28.6 Å². The highest BCUT2D eigenvalue weighted by molar-refractivity contribution is 7.81.